The van der Waals surface area contributed by atoms with Crippen LogP contribution in [0.5, 0.6) is 0 Å². The molecule has 0 spiro atoms. The molecule has 0 aliphatic carbocycles. The van der Waals surface area contributed by atoms with Crippen molar-refractivity contribution in [3.63, 3.8) is 0 Å². The Hall–Kier alpha value is -0.810. The van der Waals surface area contributed by atoms with Gasteiger partial charge in [0.2, 0.25) is 0 Å². The maximum absolute atomic E-state index is 12.8. The molecule has 0 aliphatic rings. The number of nitrogens with two attached hydrogens (primary N) is 1. The summed E-state index contributed by atoms with van der Waals surface area (Å²) in [6.45, 7) is -1.10. The molecule has 0 unspecified atom stereocenters. The lowest BCUT2D eigenvalue weighted by atomic mass is 10.1. The van der Waals surface area contributed by atoms with Crippen molar-refractivity contribution in [1.82, 2.24) is 0 Å². The molecule has 1 aromatic carbocycles. The summed E-state index contributed by atoms with van der Waals surface area (Å²) in [6, 6.07) is -0.456. The number of rotatable bonds is 2. The Morgan fingerprint density at radius 1 is 1.14 bits per heavy atom. The van der Waals surface area contributed by atoms with E-state index in [2.05, 4.69) is 0 Å². The number of hydrogen-bond donors (Lipinski definition) is 1. The van der Waals surface area contributed by atoms with Crippen LogP contribution in [0.15, 0.2) is 12.1 Å². The predicted octanol–water partition coefficient (Wildman–Crippen LogP) is 2.50. The van der Waals surface area contributed by atoms with Gasteiger partial charge in [-0.25, -0.2) is 17.6 Å². The lowest BCUT2D eigenvalue weighted by Gasteiger charge is -2.09. The van der Waals surface area contributed by atoms with Gasteiger partial charge in [-0.2, -0.15) is 0 Å². The van der Waals surface area contributed by atoms with Crippen molar-refractivity contribution in [2.45, 2.75) is 6.04 Å². The highest BCUT2D eigenvalue weighted by Gasteiger charge is 2.17. The Balaban J connectivity index is 0.00000169. The fourth-order valence-corrected chi connectivity index (χ4v) is 0.985. The van der Waals surface area contributed by atoms with Gasteiger partial charge in [-0.15, -0.1) is 12.4 Å². The van der Waals surface area contributed by atoms with Crippen LogP contribution in [0.25, 0.3) is 0 Å². The molecule has 2 N–H and O–H groups in total. The first-order chi connectivity index (χ1) is 6.06. The molecule has 0 radical (unpaired) electrons. The lowest BCUT2D eigenvalue weighted by molar-refractivity contribution is 0.410. The first kappa shape index (κ1) is 13.2. The number of alkyl halides is 1. The van der Waals surface area contributed by atoms with Crippen molar-refractivity contribution in [3.8, 4) is 0 Å². The van der Waals surface area contributed by atoms with E-state index in [0.29, 0.717) is 12.1 Å². The van der Waals surface area contributed by atoms with Gasteiger partial charge < -0.3 is 5.73 Å². The molecule has 0 amide bonds. The molecule has 1 nitrogen and oxygen atoms in total. The zero-order chi connectivity index (χ0) is 10.0. The van der Waals surface area contributed by atoms with Gasteiger partial charge in [0, 0.05) is 17.7 Å². The molecule has 0 saturated carbocycles. The highest BCUT2D eigenvalue weighted by molar-refractivity contribution is 5.85. The zero-order valence-electron chi connectivity index (χ0n) is 6.94. The Kier molecular flexibility index (Phi) is 4.87. The van der Waals surface area contributed by atoms with E-state index in [1.807, 2.05) is 0 Å². The third kappa shape index (κ3) is 2.59. The average molecular weight is 230 g/mol. The standard InChI is InChI=1S/C8H7F4N.ClH/c9-3-7(13)8-5(11)1-4(10)2-6(8)12;/h1-2,7H,3,13H2;1H/t7-;/m1./s1. The minimum Gasteiger partial charge on any atom is -0.322 e. The second-order valence-electron chi connectivity index (χ2n) is 2.54. The minimum atomic E-state index is -1.39. The lowest BCUT2D eigenvalue weighted by Crippen LogP contribution is -2.16. The number of halogens is 5. The van der Waals surface area contributed by atoms with E-state index in [4.69, 9.17) is 5.73 Å². The van der Waals surface area contributed by atoms with Crippen molar-refractivity contribution in [2.24, 2.45) is 5.73 Å². The molecule has 0 aromatic heterocycles. The molecule has 1 atom stereocenters. The van der Waals surface area contributed by atoms with Crippen LogP contribution in [-0.4, -0.2) is 6.67 Å². The summed E-state index contributed by atoms with van der Waals surface area (Å²) in [6.07, 6.45) is 0. The Labute approximate surface area is 84.3 Å². The van der Waals surface area contributed by atoms with E-state index >= 15 is 0 Å². The van der Waals surface area contributed by atoms with Gasteiger partial charge in [0.05, 0.1) is 6.04 Å². The van der Waals surface area contributed by atoms with Crippen LogP contribution in [0.4, 0.5) is 17.6 Å². The van der Waals surface area contributed by atoms with E-state index in [-0.39, 0.29) is 12.4 Å². The van der Waals surface area contributed by atoms with E-state index in [1.165, 1.54) is 0 Å². The summed E-state index contributed by atoms with van der Waals surface area (Å²) in [5.74, 6) is -3.38. The van der Waals surface area contributed by atoms with Crippen LogP contribution in [0.3, 0.4) is 0 Å². The molecule has 14 heavy (non-hydrogen) atoms. The summed E-state index contributed by atoms with van der Waals surface area (Å²) in [5.41, 5.74) is 4.45. The van der Waals surface area contributed by atoms with Crippen LogP contribution < -0.4 is 5.73 Å². The summed E-state index contributed by atoms with van der Waals surface area (Å²) in [4.78, 5) is 0. The SMILES string of the molecule is Cl.N[C@H](CF)c1c(F)cc(F)cc1F. The first-order valence-corrected chi connectivity index (χ1v) is 3.52. The topological polar surface area (TPSA) is 26.0 Å². The molecule has 0 heterocycles. The Morgan fingerprint density at radius 3 is 1.93 bits per heavy atom. The quantitative estimate of drug-likeness (QED) is 0.775. The van der Waals surface area contributed by atoms with Crippen molar-refractivity contribution >= 4 is 12.4 Å². The summed E-state index contributed by atoms with van der Waals surface area (Å²) < 4.78 is 50.0. The van der Waals surface area contributed by atoms with Crippen LogP contribution in [-0.2, 0) is 0 Å². The molecular formula is C8H8ClF4N. The highest BCUT2D eigenvalue weighted by atomic mass is 35.5. The first-order valence-electron chi connectivity index (χ1n) is 3.52. The molecular weight excluding hydrogens is 222 g/mol. The van der Waals surface area contributed by atoms with Gasteiger partial charge in [-0.3, -0.25) is 0 Å². The second kappa shape index (κ2) is 5.17. The second-order valence-corrected chi connectivity index (χ2v) is 2.54. The van der Waals surface area contributed by atoms with Crippen molar-refractivity contribution < 1.29 is 17.6 Å². The Morgan fingerprint density at radius 2 is 1.57 bits per heavy atom. The molecule has 0 fully saturated rings. The summed E-state index contributed by atoms with van der Waals surface area (Å²) in [7, 11) is 0. The van der Waals surface area contributed by atoms with Gasteiger partial charge in [0.1, 0.15) is 24.1 Å². The average Bonchev–Trinajstić information content (AvgIpc) is 2.02. The predicted molar refractivity (Wildman–Crippen MR) is 46.5 cm³/mol. The van der Waals surface area contributed by atoms with Gasteiger partial charge in [-0.05, 0) is 0 Å². The van der Waals surface area contributed by atoms with Crippen molar-refractivity contribution in [3.05, 3.63) is 35.1 Å². The van der Waals surface area contributed by atoms with Gasteiger partial charge in [-0.1, -0.05) is 0 Å². The number of hydrogen-bond acceptors (Lipinski definition) is 1. The van der Waals surface area contributed by atoms with Crippen LogP contribution in [0.1, 0.15) is 11.6 Å². The molecule has 6 heteroatoms. The molecule has 1 aromatic rings. The van der Waals surface area contributed by atoms with Gasteiger partial charge in [0.25, 0.3) is 0 Å². The van der Waals surface area contributed by atoms with E-state index in [9.17, 15) is 17.6 Å². The third-order valence-electron chi connectivity index (χ3n) is 1.58. The molecule has 0 saturated heterocycles. The van der Waals surface area contributed by atoms with Crippen LogP contribution in [0, 0.1) is 17.5 Å². The third-order valence-corrected chi connectivity index (χ3v) is 1.58. The summed E-state index contributed by atoms with van der Waals surface area (Å²) in [5, 5.41) is 0. The maximum Gasteiger partial charge on any atom is 0.133 e. The number of benzene rings is 1. The maximum atomic E-state index is 12.8. The fourth-order valence-electron chi connectivity index (χ4n) is 0.985. The van der Waals surface area contributed by atoms with Crippen molar-refractivity contribution in [2.75, 3.05) is 6.67 Å². The highest BCUT2D eigenvalue weighted by Crippen LogP contribution is 2.20. The zero-order valence-corrected chi connectivity index (χ0v) is 7.75. The summed E-state index contributed by atoms with van der Waals surface area (Å²) >= 11 is 0. The van der Waals surface area contributed by atoms with Crippen LogP contribution in [0.2, 0.25) is 0 Å². The Bertz CT molecular complexity index is 295. The molecule has 0 aliphatic heterocycles. The van der Waals surface area contributed by atoms with Crippen molar-refractivity contribution in [1.29, 1.82) is 0 Å². The van der Waals surface area contributed by atoms with Gasteiger partial charge in [0.15, 0.2) is 0 Å². The monoisotopic (exact) mass is 229 g/mol. The molecule has 1 rings (SSSR count). The normalized spacial score (nSPS) is 12.1. The van der Waals surface area contributed by atoms with E-state index < -0.39 is 35.7 Å². The van der Waals surface area contributed by atoms with E-state index in [1.54, 1.807) is 0 Å². The molecule has 80 valence electrons. The van der Waals surface area contributed by atoms with Crippen LogP contribution >= 0.6 is 12.4 Å². The largest absolute Gasteiger partial charge is 0.322 e. The van der Waals surface area contributed by atoms with E-state index in [0.717, 1.165) is 0 Å². The smallest absolute Gasteiger partial charge is 0.133 e. The minimum absolute atomic E-state index is 0. The van der Waals surface area contributed by atoms with Gasteiger partial charge >= 0.3 is 0 Å². The molecule has 0 bridgehead atoms. The fraction of sp³-hybridized carbons (Fsp3) is 0.250.